The van der Waals surface area contributed by atoms with Gasteiger partial charge in [-0.15, -0.1) is 0 Å². The molecule has 2 aromatic carbocycles. The second kappa shape index (κ2) is 9.50. The molecule has 7 heteroatoms. The Balaban J connectivity index is 1.56. The molecule has 1 fully saturated rings. The van der Waals surface area contributed by atoms with Gasteiger partial charge in [0.25, 0.3) is 0 Å². The minimum atomic E-state index is -4.36. The average Bonchev–Trinajstić information content (AvgIpc) is 3.17. The largest absolute Gasteiger partial charge is 0.492 e. The van der Waals surface area contributed by atoms with Gasteiger partial charge in [0.05, 0.1) is 12.2 Å². The fourth-order valence-electron chi connectivity index (χ4n) is 3.84. The minimum absolute atomic E-state index is 0.000835. The highest BCUT2D eigenvalue weighted by Crippen LogP contribution is 2.37. The molecule has 4 nitrogen and oxygen atoms in total. The third-order valence-corrected chi connectivity index (χ3v) is 5.33. The van der Waals surface area contributed by atoms with E-state index >= 15 is 0 Å². The van der Waals surface area contributed by atoms with E-state index in [-0.39, 0.29) is 18.3 Å². The number of alkyl halides is 3. The lowest BCUT2D eigenvalue weighted by Gasteiger charge is -2.32. The summed E-state index contributed by atoms with van der Waals surface area (Å²) < 4.78 is 46.0. The maximum atomic E-state index is 13.4. The fraction of sp³-hybridized carbons (Fsp3) is 0.455. The van der Waals surface area contributed by atoms with Crippen LogP contribution in [0.15, 0.2) is 48.5 Å². The van der Waals surface area contributed by atoms with E-state index in [1.54, 1.807) is 12.1 Å². The first kappa shape index (κ1) is 21.5. The number of nitrogens with zero attached hydrogens (tertiary/aromatic N) is 2. The van der Waals surface area contributed by atoms with Crippen LogP contribution in [0.1, 0.15) is 24.5 Å². The van der Waals surface area contributed by atoms with Crippen molar-refractivity contribution in [1.82, 2.24) is 4.90 Å². The monoisotopic (exact) mass is 408 g/mol. The van der Waals surface area contributed by atoms with Crippen molar-refractivity contribution in [3.63, 3.8) is 0 Å². The van der Waals surface area contributed by atoms with Gasteiger partial charge >= 0.3 is 6.18 Å². The van der Waals surface area contributed by atoms with E-state index in [9.17, 15) is 13.2 Å². The van der Waals surface area contributed by atoms with Crippen LogP contribution < -0.4 is 9.64 Å². The lowest BCUT2D eigenvalue weighted by Crippen LogP contribution is -2.39. The van der Waals surface area contributed by atoms with Gasteiger partial charge in [-0.25, -0.2) is 0 Å². The number of aliphatic hydroxyl groups excluding tert-OH is 1. The van der Waals surface area contributed by atoms with E-state index in [4.69, 9.17) is 9.84 Å². The summed E-state index contributed by atoms with van der Waals surface area (Å²) in [4.78, 5) is 4.10. The van der Waals surface area contributed by atoms with Crippen molar-refractivity contribution in [1.29, 1.82) is 0 Å². The molecule has 0 saturated carbocycles. The average molecular weight is 408 g/mol. The number of para-hydroxylation sites is 1. The van der Waals surface area contributed by atoms with Gasteiger partial charge in [-0.2, -0.15) is 13.2 Å². The standard InChI is InChI=1S/C22H27F3N2O2/c1-2-27(21-6-4-3-5-20(21)22(23,24)25)18-11-12-26(15-18)13-14-29-19-9-7-17(16-28)8-10-19/h3-10,18,28H,2,11-16H2,1H3. The second-order valence-corrected chi connectivity index (χ2v) is 7.19. The van der Waals surface area contributed by atoms with Crippen molar-refractivity contribution < 1.29 is 23.0 Å². The van der Waals surface area contributed by atoms with Gasteiger partial charge in [-0.05, 0) is 43.2 Å². The molecule has 1 atom stereocenters. The lowest BCUT2D eigenvalue weighted by atomic mass is 10.1. The van der Waals surface area contributed by atoms with Crippen molar-refractivity contribution >= 4 is 5.69 Å². The molecule has 1 aliphatic heterocycles. The molecule has 1 N–H and O–H groups in total. The zero-order chi connectivity index (χ0) is 20.9. The number of aliphatic hydroxyl groups is 1. The first-order valence-corrected chi connectivity index (χ1v) is 9.90. The third-order valence-electron chi connectivity index (χ3n) is 5.33. The number of rotatable bonds is 8. The molecule has 158 valence electrons. The van der Waals surface area contributed by atoms with Crippen LogP contribution in [0.25, 0.3) is 0 Å². The highest BCUT2D eigenvalue weighted by molar-refractivity contribution is 5.56. The number of hydrogen-bond acceptors (Lipinski definition) is 4. The summed E-state index contributed by atoms with van der Waals surface area (Å²) in [5.41, 5.74) is 0.517. The van der Waals surface area contributed by atoms with Gasteiger partial charge in [0.2, 0.25) is 0 Å². The van der Waals surface area contributed by atoms with Crippen LogP contribution in [-0.2, 0) is 12.8 Å². The maximum Gasteiger partial charge on any atom is 0.418 e. The Bertz CT molecular complexity index is 780. The predicted octanol–water partition coefficient (Wildman–Crippen LogP) is 4.18. The van der Waals surface area contributed by atoms with Crippen molar-refractivity contribution in [3.8, 4) is 5.75 Å². The number of halogens is 3. The van der Waals surface area contributed by atoms with Gasteiger partial charge in [-0.3, -0.25) is 4.90 Å². The molecule has 0 bridgehead atoms. The smallest absolute Gasteiger partial charge is 0.418 e. The number of benzene rings is 2. The van der Waals surface area contributed by atoms with Crippen LogP contribution in [0, 0.1) is 0 Å². The molecule has 0 aromatic heterocycles. The minimum Gasteiger partial charge on any atom is -0.492 e. The molecule has 29 heavy (non-hydrogen) atoms. The summed E-state index contributed by atoms with van der Waals surface area (Å²) >= 11 is 0. The molecule has 3 rings (SSSR count). The number of likely N-dealkylation sites (N-methyl/N-ethyl adjacent to an activating group) is 1. The molecule has 1 unspecified atom stereocenters. The highest BCUT2D eigenvalue weighted by Gasteiger charge is 2.36. The third kappa shape index (κ3) is 5.42. The van der Waals surface area contributed by atoms with Crippen molar-refractivity contribution in [2.45, 2.75) is 32.2 Å². The van der Waals surface area contributed by atoms with Crippen molar-refractivity contribution in [2.24, 2.45) is 0 Å². The molecular weight excluding hydrogens is 381 g/mol. The Morgan fingerprint density at radius 2 is 1.86 bits per heavy atom. The van der Waals surface area contributed by atoms with E-state index in [1.165, 1.54) is 6.07 Å². The fourth-order valence-corrected chi connectivity index (χ4v) is 3.84. The van der Waals surface area contributed by atoms with Crippen LogP contribution in [0.2, 0.25) is 0 Å². The molecule has 2 aromatic rings. The lowest BCUT2D eigenvalue weighted by molar-refractivity contribution is -0.137. The first-order valence-electron chi connectivity index (χ1n) is 9.90. The van der Waals surface area contributed by atoms with Gasteiger partial charge in [-0.1, -0.05) is 24.3 Å². The van der Waals surface area contributed by atoms with E-state index in [0.717, 1.165) is 36.9 Å². The zero-order valence-electron chi connectivity index (χ0n) is 16.5. The van der Waals surface area contributed by atoms with Crippen molar-refractivity contribution in [2.75, 3.05) is 37.7 Å². The molecule has 0 radical (unpaired) electrons. The summed E-state index contributed by atoms with van der Waals surface area (Å²) in [7, 11) is 0. The summed E-state index contributed by atoms with van der Waals surface area (Å²) in [6.45, 7) is 5.21. The van der Waals surface area contributed by atoms with E-state index in [2.05, 4.69) is 4.90 Å². The van der Waals surface area contributed by atoms with Gasteiger partial charge in [0.15, 0.2) is 0 Å². The Labute approximate surface area is 169 Å². The Morgan fingerprint density at radius 1 is 1.14 bits per heavy atom. The predicted molar refractivity (Wildman–Crippen MR) is 107 cm³/mol. The summed E-state index contributed by atoms with van der Waals surface area (Å²) in [5.74, 6) is 0.743. The highest BCUT2D eigenvalue weighted by atomic mass is 19.4. The quantitative estimate of drug-likeness (QED) is 0.711. The second-order valence-electron chi connectivity index (χ2n) is 7.19. The molecule has 1 heterocycles. The van der Waals surface area contributed by atoms with E-state index in [1.807, 2.05) is 36.1 Å². The molecule has 1 aliphatic rings. The van der Waals surface area contributed by atoms with Crippen LogP contribution >= 0.6 is 0 Å². The topological polar surface area (TPSA) is 35.9 Å². The molecule has 1 saturated heterocycles. The van der Waals surface area contributed by atoms with Gasteiger partial charge in [0, 0.05) is 37.9 Å². The number of hydrogen-bond donors (Lipinski definition) is 1. The van der Waals surface area contributed by atoms with Crippen LogP contribution in [0.4, 0.5) is 18.9 Å². The normalized spacial score (nSPS) is 17.5. The molecule has 0 spiro atoms. The number of anilines is 1. The van der Waals surface area contributed by atoms with Crippen LogP contribution in [-0.4, -0.2) is 48.8 Å². The van der Waals surface area contributed by atoms with Crippen LogP contribution in [0.5, 0.6) is 5.75 Å². The van der Waals surface area contributed by atoms with Crippen molar-refractivity contribution in [3.05, 3.63) is 59.7 Å². The SMILES string of the molecule is CCN(c1ccccc1C(F)(F)F)C1CCN(CCOc2ccc(CO)cc2)C1. The summed E-state index contributed by atoms with van der Waals surface area (Å²) in [6.07, 6.45) is -3.53. The van der Waals surface area contributed by atoms with E-state index < -0.39 is 11.7 Å². The Morgan fingerprint density at radius 3 is 2.52 bits per heavy atom. The van der Waals surface area contributed by atoms with E-state index in [0.29, 0.717) is 19.7 Å². The van der Waals surface area contributed by atoms with Gasteiger partial charge in [0.1, 0.15) is 12.4 Å². The Kier molecular flexibility index (Phi) is 7.03. The maximum absolute atomic E-state index is 13.4. The number of likely N-dealkylation sites (tertiary alicyclic amines) is 1. The summed E-state index contributed by atoms with van der Waals surface area (Å²) in [6, 6.07) is 13.1. The first-order chi connectivity index (χ1) is 13.9. The van der Waals surface area contributed by atoms with Crippen LogP contribution in [0.3, 0.4) is 0 Å². The molecule has 0 aliphatic carbocycles. The molecular formula is C22H27F3N2O2. The molecule has 0 amide bonds. The Hall–Kier alpha value is -2.25. The number of ether oxygens (including phenoxy) is 1. The zero-order valence-corrected chi connectivity index (χ0v) is 16.5. The summed E-state index contributed by atoms with van der Waals surface area (Å²) in [5, 5.41) is 9.07. The van der Waals surface area contributed by atoms with Gasteiger partial charge < -0.3 is 14.7 Å².